The Balaban J connectivity index is 1.86. The van der Waals surface area contributed by atoms with Gasteiger partial charge in [-0.15, -0.1) is 0 Å². The molecule has 134 valence electrons. The smallest absolute Gasteiger partial charge is 0.229 e. The lowest BCUT2D eigenvalue weighted by molar-refractivity contribution is 0.599. The van der Waals surface area contributed by atoms with E-state index in [1.54, 1.807) is 12.1 Å². The van der Waals surface area contributed by atoms with Crippen molar-refractivity contribution in [3.63, 3.8) is 0 Å². The molecule has 1 fully saturated rings. The lowest BCUT2D eigenvalue weighted by Gasteiger charge is -2.28. The first-order valence-corrected chi connectivity index (χ1v) is 10.4. The summed E-state index contributed by atoms with van der Waals surface area (Å²) in [6, 6.07) is 9.16. The molecule has 0 spiro atoms. The number of sulfone groups is 1. The van der Waals surface area contributed by atoms with Crippen LogP contribution < -0.4 is 10.2 Å². The van der Waals surface area contributed by atoms with Crippen molar-refractivity contribution in [2.45, 2.75) is 26.3 Å². The zero-order valence-electron chi connectivity index (χ0n) is 14.2. The van der Waals surface area contributed by atoms with Crippen LogP contribution in [0.1, 0.15) is 19.0 Å². The Labute approximate surface area is 153 Å². The van der Waals surface area contributed by atoms with Crippen molar-refractivity contribution in [3.05, 3.63) is 41.0 Å². The van der Waals surface area contributed by atoms with Gasteiger partial charge in [0.25, 0.3) is 0 Å². The summed E-state index contributed by atoms with van der Waals surface area (Å²) in [7, 11) is -2.94. The number of hydrogen-bond acceptors (Lipinski definition) is 6. The molecule has 2 aromatic rings. The molecule has 2 heterocycles. The van der Waals surface area contributed by atoms with Crippen molar-refractivity contribution in [2.75, 3.05) is 28.3 Å². The number of benzene rings is 1. The molecular weight excluding hydrogens is 360 g/mol. The number of halogens is 1. The number of aryl methyl sites for hydroxylation is 1. The maximum absolute atomic E-state index is 11.8. The second-order valence-electron chi connectivity index (χ2n) is 6.17. The minimum atomic E-state index is -2.94. The van der Waals surface area contributed by atoms with Crippen molar-refractivity contribution in [1.82, 2.24) is 9.97 Å². The van der Waals surface area contributed by atoms with Crippen LogP contribution in [0.25, 0.3) is 0 Å². The van der Waals surface area contributed by atoms with E-state index in [0.717, 1.165) is 17.2 Å². The Kier molecular flexibility index (Phi) is 5.15. The fourth-order valence-corrected chi connectivity index (χ4v) is 4.90. The Morgan fingerprint density at radius 1 is 1.28 bits per heavy atom. The van der Waals surface area contributed by atoms with Gasteiger partial charge in [-0.3, -0.25) is 0 Å². The van der Waals surface area contributed by atoms with E-state index in [-0.39, 0.29) is 17.5 Å². The molecule has 1 unspecified atom stereocenters. The molecule has 0 amide bonds. The number of nitrogens with one attached hydrogen (secondary N) is 1. The summed E-state index contributed by atoms with van der Waals surface area (Å²) in [5.74, 6) is 1.66. The largest absolute Gasteiger partial charge is 0.353 e. The predicted octanol–water partition coefficient (Wildman–Crippen LogP) is 3.20. The van der Waals surface area contributed by atoms with Crippen LogP contribution in [0.15, 0.2) is 30.3 Å². The predicted molar refractivity (Wildman–Crippen MR) is 102 cm³/mol. The number of nitrogens with zero attached hydrogens (tertiary/aromatic N) is 3. The Bertz CT molecular complexity index is 855. The Morgan fingerprint density at radius 3 is 2.60 bits per heavy atom. The number of rotatable bonds is 5. The van der Waals surface area contributed by atoms with Crippen molar-refractivity contribution in [3.8, 4) is 0 Å². The van der Waals surface area contributed by atoms with Crippen molar-refractivity contribution < 1.29 is 8.42 Å². The van der Waals surface area contributed by atoms with Gasteiger partial charge in [0.2, 0.25) is 5.95 Å². The van der Waals surface area contributed by atoms with E-state index in [2.05, 4.69) is 15.3 Å². The second-order valence-corrected chi connectivity index (χ2v) is 8.83. The quantitative estimate of drug-likeness (QED) is 0.858. The van der Waals surface area contributed by atoms with Gasteiger partial charge in [0.05, 0.1) is 11.5 Å². The highest BCUT2D eigenvalue weighted by Gasteiger charge is 2.32. The highest BCUT2D eigenvalue weighted by Crippen LogP contribution is 2.25. The summed E-state index contributed by atoms with van der Waals surface area (Å²) < 4.78 is 23.6. The van der Waals surface area contributed by atoms with E-state index in [1.807, 2.05) is 36.9 Å². The maximum atomic E-state index is 11.8. The first-order valence-electron chi connectivity index (χ1n) is 8.21. The summed E-state index contributed by atoms with van der Waals surface area (Å²) in [6.45, 7) is 4.60. The molecule has 1 atom stereocenters. The van der Waals surface area contributed by atoms with Crippen molar-refractivity contribution in [2.24, 2.45) is 0 Å². The van der Waals surface area contributed by atoms with Gasteiger partial charge < -0.3 is 10.2 Å². The zero-order valence-corrected chi connectivity index (χ0v) is 15.8. The van der Waals surface area contributed by atoms with Gasteiger partial charge in [-0.2, -0.15) is 4.98 Å². The molecule has 1 aromatic heterocycles. The Hall–Kier alpha value is -1.86. The molecule has 6 nitrogen and oxygen atoms in total. The molecule has 1 saturated heterocycles. The van der Waals surface area contributed by atoms with Gasteiger partial charge in [-0.25, -0.2) is 13.4 Å². The van der Waals surface area contributed by atoms with E-state index in [4.69, 9.17) is 11.6 Å². The summed E-state index contributed by atoms with van der Waals surface area (Å²) >= 11 is 5.91. The molecule has 1 aliphatic heterocycles. The summed E-state index contributed by atoms with van der Waals surface area (Å²) in [4.78, 5) is 11.1. The van der Waals surface area contributed by atoms with Crippen LogP contribution in [0, 0.1) is 6.92 Å². The third kappa shape index (κ3) is 4.41. The van der Waals surface area contributed by atoms with Gasteiger partial charge in [0.1, 0.15) is 5.82 Å². The molecule has 8 heteroatoms. The van der Waals surface area contributed by atoms with Gasteiger partial charge >= 0.3 is 0 Å². The third-order valence-corrected chi connectivity index (χ3v) is 6.23. The molecule has 3 rings (SSSR count). The maximum Gasteiger partial charge on any atom is 0.229 e. The van der Waals surface area contributed by atoms with Crippen LogP contribution in [0.3, 0.4) is 0 Å². The van der Waals surface area contributed by atoms with Crippen LogP contribution in [0.4, 0.5) is 17.5 Å². The van der Waals surface area contributed by atoms with Crippen LogP contribution in [-0.4, -0.2) is 42.5 Å². The van der Waals surface area contributed by atoms with E-state index in [1.165, 1.54) is 0 Å². The van der Waals surface area contributed by atoms with Crippen molar-refractivity contribution >= 4 is 38.9 Å². The third-order valence-electron chi connectivity index (χ3n) is 4.23. The van der Waals surface area contributed by atoms with Gasteiger partial charge in [0, 0.05) is 35.1 Å². The fourth-order valence-electron chi connectivity index (χ4n) is 3.05. The normalized spacial score (nSPS) is 18.9. The average molecular weight is 381 g/mol. The van der Waals surface area contributed by atoms with E-state index < -0.39 is 9.84 Å². The molecule has 1 aromatic carbocycles. The van der Waals surface area contributed by atoms with E-state index in [9.17, 15) is 8.42 Å². The fraction of sp³-hybridized carbons (Fsp3) is 0.412. The number of anilines is 3. The molecule has 0 bridgehead atoms. The molecule has 0 saturated carbocycles. The lowest BCUT2D eigenvalue weighted by atomic mass is 10.2. The summed E-state index contributed by atoms with van der Waals surface area (Å²) in [5.41, 5.74) is 1.66. The zero-order chi connectivity index (χ0) is 18.0. The average Bonchev–Trinajstić information content (AvgIpc) is 2.90. The van der Waals surface area contributed by atoms with Crippen LogP contribution in [-0.2, 0) is 9.84 Å². The molecular formula is C17H21ClN4O2S. The second kappa shape index (κ2) is 7.17. The van der Waals surface area contributed by atoms with Gasteiger partial charge in [0.15, 0.2) is 9.84 Å². The topological polar surface area (TPSA) is 75.2 Å². The first kappa shape index (κ1) is 17.9. The standard InChI is InChI=1S/C17H21ClN4O2S/c1-3-22(15-8-9-25(23,24)11-15)16-10-12(2)19-17(21-16)20-14-6-4-13(18)5-7-14/h4-7,10,15H,3,8-9,11H2,1-2H3,(H,19,20,21). The molecule has 0 radical (unpaired) electrons. The van der Waals surface area contributed by atoms with Crippen LogP contribution in [0.2, 0.25) is 5.02 Å². The van der Waals surface area contributed by atoms with E-state index >= 15 is 0 Å². The molecule has 1 N–H and O–H groups in total. The molecule has 25 heavy (non-hydrogen) atoms. The summed E-state index contributed by atoms with van der Waals surface area (Å²) in [5, 5.41) is 3.84. The lowest BCUT2D eigenvalue weighted by Crippen LogP contribution is -2.36. The first-order chi connectivity index (χ1) is 11.9. The van der Waals surface area contributed by atoms with Crippen LogP contribution in [0.5, 0.6) is 0 Å². The summed E-state index contributed by atoms with van der Waals surface area (Å²) in [6.07, 6.45) is 0.638. The monoisotopic (exact) mass is 380 g/mol. The van der Waals surface area contributed by atoms with Gasteiger partial charge in [-0.1, -0.05) is 11.6 Å². The highest BCUT2D eigenvalue weighted by atomic mass is 35.5. The minimum absolute atomic E-state index is 0.0346. The minimum Gasteiger partial charge on any atom is -0.353 e. The van der Waals surface area contributed by atoms with Crippen molar-refractivity contribution in [1.29, 1.82) is 0 Å². The number of aromatic nitrogens is 2. The van der Waals surface area contributed by atoms with Crippen LogP contribution >= 0.6 is 11.6 Å². The van der Waals surface area contributed by atoms with E-state index in [0.29, 0.717) is 23.9 Å². The van der Waals surface area contributed by atoms with Gasteiger partial charge in [-0.05, 0) is 44.5 Å². The SMILES string of the molecule is CCN(c1cc(C)nc(Nc2ccc(Cl)cc2)n1)C1CCS(=O)(=O)C1. The number of hydrogen-bond donors (Lipinski definition) is 1. The highest BCUT2D eigenvalue weighted by molar-refractivity contribution is 7.91. The Morgan fingerprint density at radius 2 is 2.00 bits per heavy atom. The molecule has 0 aliphatic carbocycles. The molecule has 1 aliphatic rings.